The van der Waals surface area contributed by atoms with Crippen LogP contribution in [0.25, 0.3) is 0 Å². The summed E-state index contributed by atoms with van der Waals surface area (Å²) in [4.78, 5) is 0. The molecule has 3 nitrogen and oxygen atoms in total. The number of hydrogen-bond donors (Lipinski definition) is 2. The molecule has 0 heterocycles. The number of halogens is 1. The van der Waals surface area contributed by atoms with Crippen LogP contribution >= 0.6 is 11.6 Å². The van der Waals surface area contributed by atoms with Gasteiger partial charge in [-0.25, -0.2) is 0 Å². The van der Waals surface area contributed by atoms with Crippen molar-refractivity contribution in [1.29, 1.82) is 0 Å². The van der Waals surface area contributed by atoms with Crippen LogP contribution in [0.4, 0.5) is 0 Å². The second kappa shape index (κ2) is 7.99. The van der Waals surface area contributed by atoms with E-state index in [1.165, 1.54) is 19.3 Å². The van der Waals surface area contributed by atoms with E-state index in [1.54, 1.807) is 0 Å². The fraction of sp³-hybridized carbons (Fsp3) is 0.625. The number of ether oxygens (including phenoxy) is 1. The zero-order valence-corrected chi connectivity index (χ0v) is 12.8. The van der Waals surface area contributed by atoms with Gasteiger partial charge in [-0.1, -0.05) is 36.7 Å². The van der Waals surface area contributed by atoms with Crippen LogP contribution in [-0.2, 0) is 11.3 Å². The monoisotopic (exact) mass is 297 g/mol. The Kier molecular flexibility index (Phi) is 6.30. The van der Waals surface area contributed by atoms with E-state index >= 15 is 0 Å². The maximum absolute atomic E-state index is 9.90. The molecule has 4 heteroatoms. The molecular formula is C16H24ClNO2. The minimum Gasteiger partial charge on any atom is -0.389 e. The van der Waals surface area contributed by atoms with Crippen molar-refractivity contribution in [2.75, 3.05) is 13.2 Å². The van der Waals surface area contributed by atoms with Gasteiger partial charge in [0.15, 0.2) is 0 Å². The minimum atomic E-state index is -0.464. The van der Waals surface area contributed by atoms with Gasteiger partial charge in [0.2, 0.25) is 0 Å². The van der Waals surface area contributed by atoms with E-state index in [4.69, 9.17) is 16.3 Å². The zero-order chi connectivity index (χ0) is 14.4. The Morgan fingerprint density at radius 1 is 1.40 bits per heavy atom. The Labute approximate surface area is 126 Å². The summed E-state index contributed by atoms with van der Waals surface area (Å²) in [6.45, 7) is 3.66. The van der Waals surface area contributed by atoms with Crippen LogP contribution < -0.4 is 5.32 Å². The van der Waals surface area contributed by atoms with E-state index in [1.807, 2.05) is 24.3 Å². The molecule has 1 aliphatic rings. The summed E-state index contributed by atoms with van der Waals surface area (Å²) in [6, 6.07) is 8.17. The summed E-state index contributed by atoms with van der Waals surface area (Å²) in [5, 5.41) is 14.0. The van der Waals surface area contributed by atoms with E-state index in [9.17, 15) is 5.11 Å². The van der Waals surface area contributed by atoms with Crippen molar-refractivity contribution < 1.29 is 9.84 Å². The van der Waals surface area contributed by atoms with Crippen LogP contribution in [0.2, 0.25) is 5.02 Å². The Bertz CT molecular complexity index is 413. The summed E-state index contributed by atoms with van der Waals surface area (Å²) in [7, 11) is 0. The van der Waals surface area contributed by atoms with E-state index in [0.29, 0.717) is 30.8 Å². The van der Waals surface area contributed by atoms with E-state index in [-0.39, 0.29) is 0 Å². The van der Waals surface area contributed by atoms with Gasteiger partial charge in [0.05, 0.1) is 19.3 Å². The number of hydrogen-bond acceptors (Lipinski definition) is 3. The summed E-state index contributed by atoms with van der Waals surface area (Å²) < 4.78 is 5.52. The largest absolute Gasteiger partial charge is 0.389 e. The van der Waals surface area contributed by atoms with Crippen LogP contribution in [0.15, 0.2) is 24.3 Å². The summed E-state index contributed by atoms with van der Waals surface area (Å²) in [6.07, 6.45) is 3.26. The van der Waals surface area contributed by atoms with Crippen molar-refractivity contribution in [1.82, 2.24) is 5.32 Å². The molecule has 0 saturated heterocycles. The van der Waals surface area contributed by atoms with Gasteiger partial charge in [0, 0.05) is 17.6 Å². The highest BCUT2D eigenvalue weighted by Gasteiger charge is 2.21. The molecule has 20 heavy (non-hydrogen) atoms. The van der Waals surface area contributed by atoms with Crippen LogP contribution in [0, 0.1) is 5.92 Å². The maximum atomic E-state index is 9.90. The first-order chi connectivity index (χ1) is 9.65. The predicted molar refractivity (Wildman–Crippen MR) is 81.9 cm³/mol. The molecule has 0 bridgehead atoms. The summed E-state index contributed by atoms with van der Waals surface area (Å²) in [5.41, 5.74) is 0.957. The third-order valence-corrected chi connectivity index (χ3v) is 4.23. The standard InChI is InChI=1S/C16H24ClNO2/c1-12-6-7-14(8-12)18-9-15(19)11-20-10-13-4-2-3-5-16(13)17/h2-5,12,14-15,18-19H,6-11H2,1H3. The van der Waals surface area contributed by atoms with Crippen LogP contribution in [0.3, 0.4) is 0 Å². The number of nitrogens with one attached hydrogen (secondary N) is 1. The maximum Gasteiger partial charge on any atom is 0.0897 e. The average molecular weight is 298 g/mol. The van der Waals surface area contributed by atoms with Gasteiger partial charge in [-0.05, 0) is 36.8 Å². The van der Waals surface area contributed by atoms with Crippen molar-refractivity contribution in [3.05, 3.63) is 34.9 Å². The van der Waals surface area contributed by atoms with Gasteiger partial charge in [-0.2, -0.15) is 0 Å². The van der Waals surface area contributed by atoms with Gasteiger partial charge in [0.1, 0.15) is 0 Å². The highest BCUT2D eigenvalue weighted by atomic mass is 35.5. The lowest BCUT2D eigenvalue weighted by Crippen LogP contribution is -2.36. The first-order valence-corrected chi connectivity index (χ1v) is 7.75. The molecule has 2 N–H and O–H groups in total. The highest BCUT2D eigenvalue weighted by molar-refractivity contribution is 6.31. The normalized spacial score (nSPS) is 23.9. The highest BCUT2D eigenvalue weighted by Crippen LogP contribution is 2.24. The molecule has 3 atom stereocenters. The van der Waals surface area contributed by atoms with Gasteiger partial charge in [0.25, 0.3) is 0 Å². The molecule has 1 fully saturated rings. The van der Waals surface area contributed by atoms with Gasteiger partial charge in [-0.3, -0.25) is 0 Å². The average Bonchev–Trinajstić information content (AvgIpc) is 2.84. The van der Waals surface area contributed by atoms with E-state index in [0.717, 1.165) is 11.5 Å². The Morgan fingerprint density at radius 2 is 2.20 bits per heavy atom. The molecule has 1 aliphatic carbocycles. The molecule has 1 aromatic carbocycles. The molecule has 2 rings (SSSR count). The molecule has 112 valence electrons. The fourth-order valence-electron chi connectivity index (χ4n) is 2.67. The Hall–Kier alpha value is -0.610. The summed E-state index contributed by atoms with van der Waals surface area (Å²) >= 11 is 6.05. The van der Waals surface area contributed by atoms with Gasteiger partial charge < -0.3 is 15.2 Å². The SMILES string of the molecule is CC1CCC(NCC(O)COCc2ccccc2Cl)C1. The molecule has 0 amide bonds. The molecule has 0 aromatic heterocycles. The van der Waals surface area contributed by atoms with Crippen LogP contribution in [0.1, 0.15) is 31.7 Å². The van der Waals surface area contributed by atoms with Crippen molar-refractivity contribution in [3.8, 4) is 0 Å². The van der Waals surface area contributed by atoms with Crippen molar-refractivity contribution in [2.24, 2.45) is 5.92 Å². The van der Waals surface area contributed by atoms with Crippen molar-refractivity contribution in [3.63, 3.8) is 0 Å². The third kappa shape index (κ3) is 5.06. The number of aliphatic hydroxyl groups is 1. The summed E-state index contributed by atoms with van der Waals surface area (Å²) in [5.74, 6) is 0.807. The predicted octanol–water partition coefficient (Wildman–Crippen LogP) is 3.00. The first-order valence-electron chi connectivity index (χ1n) is 7.37. The molecule has 1 saturated carbocycles. The third-order valence-electron chi connectivity index (χ3n) is 3.86. The topological polar surface area (TPSA) is 41.5 Å². The lowest BCUT2D eigenvalue weighted by Gasteiger charge is -2.16. The fourth-order valence-corrected chi connectivity index (χ4v) is 2.86. The number of aliphatic hydroxyl groups excluding tert-OH is 1. The lowest BCUT2D eigenvalue weighted by molar-refractivity contribution is 0.0277. The second-order valence-electron chi connectivity index (χ2n) is 5.78. The molecule has 0 spiro atoms. The number of rotatable bonds is 7. The van der Waals surface area contributed by atoms with Gasteiger partial charge in [-0.15, -0.1) is 0 Å². The van der Waals surface area contributed by atoms with Gasteiger partial charge >= 0.3 is 0 Å². The lowest BCUT2D eigenvalue weighted by atomic mass is 10.1. The van der Waals surface area contributed by atoms with Crippen LogP contribution in [-0.4, -0.2) is 30.4 Å². The quantitative estimate of drug-likeness (QED) is 0.813. The van der Waals surface area contributed by atoms with Crippen molar-refractivity contribution in [2.45, 2.75) is 44.9 Å². The molecule has 1 aromatic rings. The molecule has 0 radical (unpaired) electrons. The first kappa shape index (κ1) is 15.8. The molecule has 3 unspecified atom stereocenters. The van der Waals surface area contributed by atoms with Crippen molar-refractivity contribution >= 4 is 11.6 Å². The minimum absolute atomic E-state index is 0.334. The van der Waals surface area contributed by atoms with E-state index < -0.39 is 6.10 Å². The zero-order valence-electron chi connectivity index (χ0n) is 12.0. The number of benzene rings is 1. The second-order valence-corrected chi connectivity index (χ2v) is 6.19. The molecule has 0 aliphatic heterocycles. The Morgan fingerprint density at radius 3 is 2.90 bits per heavy atom. The van der Waals surface area contributed by atoms with E-state index in [2.05, 4.69) is 12.2 Å². The smallest absolute Gasteiger partial charge is 0.0897 e. The van der Waals surface area contributed by atoms with Crippen LogP contribution in [0.5, 0.6) is 0 Å². The molecular weight excluding hydrogens is 274 g/mol. The Balaban J connectivity index is 1.60.